The summed E-state index contributed by atoms with van der Waals surface area (Å²) in [5.41, 5.74) is 4.38. The Balaban J connectivity index is 1.51. The van der Waals surface area contributed by atoms with Gasteiger partial charge in [-0.3, -0.25) is 9.36 Å². The van der Waals surface area contributed by atoms with Gasteiger partial charge in [-0.05, 0) is 48.1 Å². The first kappa shape index (κ1) is 25.3. The second-order valence-electron chi connectivity index (χ2n) is 10.6. The van der Waals surface area contributed by atoms with Crippen molar-refractivity contribution in [1.29, 1.82) is 0 Å². The lowest BCUT2D eigenvalue weighted by molar-refractivity contribution is -0.113. The second kappa shape index (κ2) is 10.9. The number of carbonyl (C=O) groups is 1. The molecule has 0 saturated heterocycles. The van der Waals surface area contributed by atoms with Crippen molar-refractivity contribution in [3.63, 3.8) is 0 Å². The van der Waals surface area contributed by atoms with Crippen LogP contribution in [-0.4, -0.2) is 40.5 Å². The lowest BCUT2D eigenvalue weighted by Gasteiger charge is -2.26. The fraction of sp³-hybridized carbons (Fsp3) is 0.464. The third-order valence-corrected chi connectivity index (χ3v) is 7.56. The maximum absolute atomic E-state index is 12.7. The minimum absolute atomic E-state index is 0.0399. The summed E-state index contributed by atoms with van der Waals surface area (Å²) in [6.07, 6.45) is 5.98. The number of amides is 1. The standard InChI is InChI=1S/C28H37N5OS/c1-28(2,3)21-13-11-20(12-14-21)26-30-31-27(33(26)24-9-7-6-8-10-24)35-19-25(34)29-22-15-17-23(18-16-22)32(4)5/h11-18,24H,6-10,19H2,1-5H3,(H,29,34). The molecule has 0 atom stereocenters. The third-order valence-electron chi connectivity index (χ3n) is 6.61. The monoisotopic (exact) mass is 491 g/mol. The van der Waals surface area contributed by atoms with Gasteiger partial charge in [0.25, 0.3) is 0 Å². The Kier molecular flexibility index (Phi) is 7.85. The minimum Gasteiger partial charge on any atom is -0.378 e. The molecule has 1 heterocycles. The van der Waals surface area contributed by atoms with Crippen LogP contribution in [0.2, 0.25) is 0 Å². The van der Waals surface area contributed by atoms with Crippen molar-refractivity contribution in [2.45, 2.75) is 69.5 Å². The molecule has 0 aliphatic heterocycles. The van der Waals surface area contributed by atoms with Gasteiger partial charge < -0.3 is 10.2 Å². The van der Waals surface area contributed by atoms with Crippen LogP contribution in [0.25, 0.3) is 11.4 Å². The zero-order valence-corrected chi connectivity index (χ0v) is 22.4. The molecule has 0 unspecified atom stereocenters. The van der Waals surface area contributed by atoms with Gasteiger partial charge in [0.15, 0.2) is 11.0 Å². The molecule has 35 heavy (non-hydrogen) atoms. The number of nitrogens with zero attached hydrogens (tertiary/aromatic N) is 4. The summed E-state index contributed by atoms with van der Waals surface area (Å²) in [4.78, 5) is 14.7. The van der Waals surface area contributed by atoms with Crippen LogP contribution in [0, 0.1) is 0 Å². The van der Waals surface area contributed by atoms with E-state index in [-0.39, 0.29) is 11.3 Å². The molecule has 1 fully saturated rings. The van der Waals surface area contributed by atoms with Gasteiger partial charge in [0.2, 0.25) is 5.91 Å². The van der Waals surface area contributed by atoms with Crippen molar-refractivity contribution in [3.05, 3.63) is 54.1 Å². The zero-order valence-electron chi connectivity index (χ0n) is 21.5. The Bertz CT molecular complexity index is 1120. The van der Waals surface area contributed by atoms with Gasteiger partial charge in [0.1, 0.15) is 0 Å². The number of rotatable bonds is 7. The summed E-state index contributed by atoms with van der Waals surface area (Å²) < 4.78 is 2.29. The minimum atomic E-state index is -0.0399. The lowest BCUT2D eigenvalue weighted by atomic mass is 9.86. The van der Waals surface area contributed by atoms with Gasteiger partial charge in [0.05, 0.1) is 5.75 Å². The highest BCUT2D eigenvalue weighted by Gasteiger charge is 2.25. The van der Waals surface area contributed by atoms with Gasteiger partial charge in [-0.2, -0.15) is 0 Å². The molecular weight excluding hydrogens is 454 g/mol. The van der Waals surface area contributed by atoms with Crippen LogP contribution in [0.15, 0.2) is 53.7 Å². The van der Waals surface area contributed by atoms with Gasteiger partial charge in [-0.15, -0.1) is 10.2 Å². The molecule has 3 aromatic rings. The Morgan fingerprint density at radius 1 is 1.00 bits per heavy atom. The van der Waals surface area contributed by atoms with Gasteiger partial charge in [-0.1, -0.05) is 76.1 Å². The molecule has 1 aromatic heterocycles. The van der Waals surface area contributed by atoms with Crippen LogP contribution in [0.4, 0.5) is 11.4 Å². The molecule has 1 amide bonds. The summed E-state index contributed by atoms with van der Waals surface area (Å²) in [5, 5.41) is 13.0. The molecule has 6 nitrogen and oxygen atoms in total. The molecule has 1 aliphatic rings. The fourth-order valence-electron chi connectivity index (χ4n) is 4.53. The van der Waals surface area contributed by atoms with E-state index in [1.807, 2.05) is 43.3 Å². The van der Waals surface area contributed by atoms with Crippen LogP contribution < -0.4 is 10.2 Å². The summed E-state index contributed by atoms with van der Waals surface area (Å²) >= 11 is 1.47. The molecule has 1 aliphatic carbocycles. The number of thioether (sulfide) groups is 1. The molecular formula is C28H37N5OS. The summed E-state index contributed by atoms with van der Waals surface area (Å²) in [6.45, 7) is 6.68. The van der Waals surface area contributed by atoms with E-state index in [1.54, 1.807) is 0 Å². The van der Waals surface area contributed by atoms with E-state index in [1.165, 1.54) is 36.6 Å². The molecule has 0 spiro atoms. The quantitative estimate of drug-likeness (QED) is 0.380. The molecule has 1 N–H and O–H groups in total. The maximum atomic E-state index is 12.7. The second-order valence-corrected chi connectivity index (χ2v) is 11.5. The fourth-order valence-corrected chi connectivity index (χ4v) is 5.34. The highest BCUT2D eigenvalue weighted by molar-refractivity contribution is 7.99. The summed E-state index contributed by atoms with van der Waals surface area (Å²) in [5.74, 6) is 1.16. The van der Waals surface area contributed by atoms with Crippen LogP contribution in [0.1, 0.15) is 64.5 Å². The van der Waals surface area contributed by atoms with Crippen molar-refractivity contribution in [1.82, 2.24) is 14.8 Å². The maximum Gasteiger partial charge on any atom is 0.234 e. The first-order valence-electron chi connectivity index (χ1n) is 12.5. The molecule has 7 heteroatoms. The van der Waals surface area contributed by atoms with E-state index in [0.29, 0.717) is 11.8 Å². The number of nitrogens with one attached hydrogen (secondary N) is 1. The number of benzene rings is 2. The average Bonchev–Trinajstić information content (AvgIpc) is 3.27. The van der Waals surface area contributed by atoms with Crippen molar-refractivity contribution < 1.29 is 4.79 Å². The van der Waals surface area contributed by atoms with Crippen LogP contribution >= 0.6 is 11.8 Å². The predicted octanol–water partition coefficient (Wildman–Crippen LogP) is 6.54. The highest BCUT2D eigenvalue weighted by Crippen LogP contribution is 2.36. The number of carbonyl (C=O) groups excluding carboxylic acids is 1. The number of anilines is 2. The van der Waals surface area contributed by atoms with Crippen molar-refractivity contribution in [2.75, 3.05) is 30.1 Å². The smallest absolute Gasteiger partial charge is 0.234 e. The normalized spacial score (nSPS) is 14.7. The molecule has 1 saturated carbocycles. The van der Waals surface area contributed by atoms with Crippen molar-refractivity contribution in [3.8, 4) is 11.4 Å². The van der Waals surface area contributed by atoms with E-state index < -0.39 is 0 Å². The molecule has 0 bridgehead atoms. The Hall–Kier alpha value is -2.80. The van der Waals surface area contributed by atoms with E-state index in [2.05, 4.69) is 65.1 Å². The number of hydrogen-bond donors (Lipinski definition) is 1. The number of aromatic nitrogens is 3. The summed E-state index contributed by atoms with van der Waals surface area (Å²) in [6, 6.07) is 16.9. The molecule has 4 rings (SSSR count). The third kappa shape index (κ3) is 6.26. The number of hydrogen-bond acceptors (Lipinski definition) is 5. The largest absolute Gasteiger partial charge is 0.378 e. The van der Waals surface area contributed by atoms with Gasteiger partial charge in [-0.25, -0.2) is 0 Å². The van der Waals surface area contributed by atoms with E-state index in [9.17, 15) is 4.79 Å². The Morgan fingerprint density at radius 3 is 2.26 bits per heavy atom. The molecule has 0 radical (unpaired) electrons. The SMILES string of the molecule is CN(C)c1ccc(NC(=O)CSc2nnc(-c3ccc(C(C)(C)C)cc3)n2C2CCCCC2)cc1. The van der Waals surface area contributed by atoms with Crippen molar-refractivity contribution in [2.24, 2.45) is 0 Å². The van der Waals surface area contributed by atoms with E-state index in [0.717, 1.165) is 40.8 Å². The van der Waals surface area contributed by atoms with Crippen molar-refractivity contribution >= 4 is 29.0 Å². The van der Waals surface area contributed by atoms with Crippen LogP contribution in [0.3, 0.4) is 0 Å². The zero-order chi connectivity index (χ0) is 25.0. The lowest BCUT2D eigenvalue weighted by Crippen LogP contribution is -2.17. The molecule has 186 valence electrons. The Labute approximate surface area is 213 Å². The van der Waals surface area contributed by atoms with E-state index in [4.69, 9.17) is 0 Å². The summed E-state index contributed by atoms with van der Waals surface area (Å²) in [7, 11) is 4.00. The first-order chi connectivity index (χ1) is 16.7. The van der Waals surface area contributed by atoms with E-state index >= 15 is 0 Å². The first-order valence-corrected chi connectivity index (χ1v) is 13.5. The van der Waals surface area contributed by atoms with Gasteiger partial charge >= 0.3 is 0 Å². The average molecular weight is 492 g/mol. The topological polar surface area (TPSA) is 63.1 Å². The highest BCUT2D eigenvalue weighted by atomic mass is 32.2. The van der Waals surface area contributed by atoms with Crippen LogP contribution in [0.5, 0.6) is 0 Å². The van der Waals surface area contributed by atoms with Gasteiger partial charge in [0, 0.05) is 37.1 Å². The Morgan fingerprint density at radius 2 is 1.66 bits per heavy atom. The van der Waals surface area contributed by atoms with Crippen LogP contribution in [-0.2, 0) is 10.2 Å². The predicted molar refractivity (Wildman–Crippen MR) is 146 cm³/mol. The molecule has 2 aromatic carbocycles.